The molecule has 0 saturated heterocycles. The van der Waals surface area contributed by atoms with Crippen LogP contribution in [0.4, 0.5) is 0 Å². The van der Waals surface area contributed by atoms with E-state index in [-0.39, 0.29) is 11.8 Å². The number of nitrogens with zero attached hydrogens (tertiary/aromatic N) is 3. The molecular weight excluding hydrogens is 222 g/mol. The summed E-state index contributed by atoms with van der Waals surface area (Å²) < 4.78 is 0. The molecule has 0 bridgehead atoms. The molecule has 1 aliphatic heterocycles. The molecule has 0 aromatic carbocycles. The van der Waals surface area contributed by atoms with Crippen molar-refractivity contribution in [2.75, 3.05) is 7.05 Å². The third-order valence-electron chi connectivity index (χ3n) is 2.47. The molecule has 0 spiro atoms. The lowest BCUT2D eigenvalue weighted by molar-refractivity contribution is -0.124. The molecule has 1 aromatic rings. The van der Waals surface area contributed by atoms with Crippen LogP contribution < -0.4 is 5.43 Å². The predicted molar refractivity (Wildman–Crippen MR) is 59.9 cm³/mol. The number of carbonyl (C=O) groups is 2. The van der Waals surface area contributed by atoms with Crippen LogP contribution in [0.15, 0.2) is 17.5 Å². The molecule has 17 heavy (non-hydrogen) atoms. The van der Waals surface area contributed by atoms with E-state index in [1.54, 1.807) is 24.3 Å². The summed E-state index contributed by atoms with van der Waals surface area (Å²) in [5.74, 6) is -0.328. The molecular formula is C10H13N5O2. The maximum absolute atomic E-state index is 11.9. The van der Waals surface area contributed by atoms with Crippen molar-refractivity contribution in [2.24, 2.45) is 5.10 Å². The van der Waals surface area contributed by atoms with Crippen LogP contribution in [0.5, 0.6) is 0 Å². The maximum atomic E-state index is 11.9. The second kappa shape index (κ2) is 4.77. The highest BCUT2D eigenvalue weighted by atomic mass is 16.2. The molecule has 0 unspecified atom stereocenters. The van der Waals surface area contributed by atoms with E-state index in [0.29, 0.717) is 25.1 Å². The fraction of sp³-hybridized carbons (Fsp3) is 0.400. The summed E-state index contributed by atoms with van der Waals surface area (Å²) in [6.07, 6.45) is 4.09. The second-order valence-corrected chi connectivity index (χ2v) is 3.86. The molecule has 0 fully saturated rings. The van der Waals surface area contributed by atoms with Gasteiger partial charge in [0.1, 0.15) is 5.71 Å². The van der Waals surface area contributed by atoms with Gasteiger partial charge in [-0.25, -0.2) is 5.43 Å². The average molecular weight is 235 g/mol. The quantitative estimate of drug-likeness (QED) is 0.749. The van der Waals surface area contributed by atoms with E-state index < -0.39 is 0 Å². The van der Waals surface area contributed by atoms with Crippen molar-refractivity contribution in [3.8, 4) is 0 Å². The first-order valence-electron chi connectivity index (χ1n) is 5.25. The predicted octanol–water partition coefficient (Wildman–Crippen LogP) is -0.366. The highest BCUT2D eigenvalue weighted by molar-refractivity contribution is 6.39. The van der Waals surface area contributed by atoms with Crippen molar-refractivity contribution in [1.82, 2.24) is 20.5 Å². The molecule has 0 saturated carbocycles. The minimum absolute atomic E-state index is 0.154. The lowest BCUT2D eigenvalue weighted by Gasteiger charge is -2.19. The van der Waals surface area contributed by atoms with Gasteiger partial charge in [0.15, 0.2) is 0 Å². The summed E-state index contributed by atoms with van der Waals surface area (Å²) in [5.41, 5.74) is 3.61. The van der Waals surface area contributed by atoms with E-state index in [0.717, 1.165) is 5.56 Å². The lowest BCUT2D eigenvalue weighted by atomic mass is 10.1. The number of carbonyl (C=O) groups excluding carboxylic acids is 2. The van der Waals surface area contributed by atoms with E-state index in [4.69, 9.17) is 0 Å². The first kappa shape index (κ1) is 11.3. The fourth-order valence-electron chi connectivity index (χ4n) is 1.56. The first-order valence-corrected chi connectivity index (χ1v) is 5.25. The van der Waals surface area contributed by atoms with Crippen LogP contribution in [0.2, 0.25) is 0 Å². The van der Waals surface area contributed by atoms with Crippen molar-refractivity contribution in [1.29, 1.82) is 0 Å². The first-order chi connectivity index (χ1) is 8.16. The van der Waals surface area contributed by atoms with Gasteiger partial charge >= 0.3 is 0 Å². The van der Waals surface area contributed by atoms with Crippen LogP contribution in [0, 0.1) is 0 Å². The summed E-state index contributed by atoms with van der Waals surface area (Å²) in [4.78, 5) is 24.4. The molecule has 2 amide bonds. The third-order valence-corrected chi connectivity index (χ3v) is 2.47. The van der Waals surface area contributed by atoms with Gasteiger partial charge < -0.3 is 4.90 Å². The van der Waals surface area contributed by atoms with Crippen LogP contribution in [-0.4, -0.2) is 39.7 Å². The molecule has 2 rings (SSSR count). The van der Waals surface area contributed by atoms with Crippen LogP contribution in [0.25, 0.3) is 0 Å². The van der Waals surface area contributed by atoms with Gasteiger partial charge in [-0.2, -0.15) is 10.2 Å². The van der Waals surface area contributed by atoms with Crippen molar-refractivity contribution < 1.29 is 9.59 Å². The lowest BCUT2D eigenvalue weighted by Crippen LogP contribution is -2.37. The van der Waals surface area contributed by atoms with Gasteiger partial charge in [-0.05, 0) is 0 Å². The number of hydrazone groups is 1. The van der Waals surface area contributed by atoms with Crippen molar-refractivity contribution in [2.45, 2.75) is 19.4 Å². The molecule has 0 aliphatic carbocycles. The molecule has 90 valence electrons. The number of hydrogen-bond acceptors (Lipinski definition) is 4. The van der Waals surface area contributed by atoms with E-state index in [9.17, 15) is 9.59 Å². The van der Waals surface area contributed by atoms with E-state index >= 15 is 0 Å². The van der Waals surface area contributed by atoms with E-state index in [1.165, 1.54) is 0 Å². The Morgan fingerprint density at radius 2 is 2.35 bits per heavy atom. The number of H-pyrrole nitrogens is 1. The molecule has 1 aliphatic rings. The topological polar surface area (TPSA) is 90.4 Å². The second-order valence-electron chi connectivity index (χ2n) is 3.86. The third kappa shape index (κ3) is 2.68. The van der Waals surface area contributed by atoms with Gasteiger partial charge in [-0.3, -0.25) is 14.7 Å². The maximum Gasteiger partial charge on any atom is 0.270 e. The van der Waals surface area contributed by atoms with Gasteiger partial charge in [0, 0.05) is 38.2 Å². The van der Waals surface area contributed by atoms with Gasteiger partial charge in [-0.1, -0.05) is 0 Å². The summed E-state index contributed by atoms with van der Waals surface area (Å²) in [7, 11) is 1.69. The summed E-state index contributed by atoms with van der Waals surface area (Å²) in [6, 6.07) is 0. The summed E-state index contributed by atoms with van der Waals surface area (Å²) in [5, 5.41) is 10.3. The van der Waals surface area contributed by atoms with Gasteiger partial charge in [0.2, 0.25) is 5.91 Å². The monoisotopic (exact) mass is 235 g/mol. The molecule has 7 nitrogen and oxygen atoms in total. The zero-order chi connectivity index (χ0) is 12.3. The summed E-state index contributed by atoms with van der Waals surface area (Å²) in [6.45, 7) is 0.461. The van der Waals surface area contributed by atoms with Crippen molar-refractivity contribution >= 4 is 17.5 Å². The zero-order valence-corrected chi connectivity index (χ0v) is 9.43. The fourth-order valence-corrected chi connectivity index (χ4v) is 1.56. The Kier molecular flexibility index (Phi) is 3.17. The molecule has 0 atom stereocenters. The Balaban J connectivity index is 1.97. The van der Waals surface area contributed by atoms with Gasteiger partial charge in [-0.15, -0.1) is 0 Å². The molecule has 2 N–H and O–H groups in total. The number of amides is 2. The Bertz CT molecular complexity index is 451. The van der Waals surface area contributed by atoms with E-state index in [2.05, 4.69) is 20.7 Å². The van der Waals surface area contributed by atoms with Crippen LogP contribution in [0.3, 0.4) is 0 Å². The van der Waals surface area contributed by atoms with Crippen molar-refractivity contribution in [3.63, 3.8) is 0 Å². The largest absolute Gasteiger partial charge is 0.336 e. The zero-order valence-electron chi connectivity index (χ0n) is 9.43. The Morgan fingerprint density at radius 1 is 1.53 bits per heavy atom. The van der Waals surface area contributed by atoms with Crippen LogP contribution in [-0.2, 0) is 16.1 Å². The van der Waals surface area contributed by atoms with Crippen LogP contribution >= 0.6 is 0 Å². The van der Waals surface area contributed by atoms with E-state index in [1.807, 2.05) is 0 Å². The van der Waals surface area contributed by atoms with Crippen molar-refractivity contribution in [3.05, 3.63) is 18.0 Å². The standard InChI is InChI=1S/C10H13N5O2/c1-15(6-7-4-11-12-5-7)10(17)8-2-3-9(16)14-13-8/h4-5H,2-3,6H2,1H3,(H,11,12)(H,14,16). The number of hydrogen-bond donors (Lipinski definition) is 2. The minimum atomic E-state index is -0.175. The Morgan fingerprint density at radius 3 is 2.94 bits per heavy atom. The SMILES string of the molecule is CN(Cc1cn[nH]c1)C(=O)C1=NNC(=O)CC1. The Hall–Kier alpha value is -2.18. The summed E-state index contributed by atoms with van der Waals surface area (Å²) >= 11 is 0. The molecule has 1 aromatic heterocycles. The minimum Gasteiger partial charge on any atom is -0.336 e. The molecule has 2 heterocycles. The number of aromatic amines is 1. The number of aromatic nitrogens is 2. The highest BCUT2D eigenvalue weighted by Gasteiger charge is 2.21. The Labute approximate surface area is 97.9 Å². The molecule has 0 radical (unpaired) electrons. The normalized spacial score (nSPS) is 15.1. The van der Waals surface area contributed by atoms with Gasteiger partial charge in [0.25, 0.3) is 5.91 Å². The number of nitrogens with one attached hydrogen (secondary N) is 2. The molecule has 7 heteroatoms. The van der Waals surface area contributed by atoms with Gasteiger partial charge in [0.05, 0.1) is 6.20 Å². The highest BCUT2D eigenvalue weighted by Crippen LogP contribution is 2.05. The smallest absolute Gasteiger partial charge is 0.270 e. The van der Waals surface area contributed by atoms with Crippen LogP contribution in [0.1, 0.15) is 18.4 Å². The number of rotatable bonds is 3. The average Bonchev–Trinajstić information content (AvgIpc) is 2.82.